The monoisotopic (exact) mass is 366 g/mol. The highest BCUT2D eigenvalue weighted by Gasteiger charge is 2.31. The second-order valence-electron chi connectivity index (χ2n) is 9.01. The second-order valence-corrected chi connectivity index (χ2v) is 9.01. The van der Waals surface area contributed by atoms with Gasteiger partial charge in [0.2, 0.25) is 0 Å². The van der Waals surface area contributed by atoms with Crippen LogP contribution < -0.4 is 0 Å². The molecule has 0 heterocycles. The van der Waals surface area contributed by atoms with E-state index in [-0.39, 0.29) is 12.2 Å². The molecule has 2 aromatic rings. The van der Waals surface area contributed by atoms with E-state index in [1.165, 1.54) is 22.3 Å². The van der Waals surface area contributed by atoms with E-state index < -0.39 is 0 Å². The average molecular weight is 367 g/mol. The molecule has 0 aliphatic heterocycles. The van der Waals surface area contributed by atoms with Gasteiger partial charge in [0.15, 0.2) is 0 Å². The Bertz CT molecular complexity index is 654. The fourth-order valence-electron chi connectivity index (χ4n) is 3.56. The molecule has 0 bridgehead atoms. The van der Waals surface area contributed by atoms with Gasteiger partial charge < -0.3 is 4.74 Å². The first-order chi connectivity index (χ1) is 12.7. The lowest BCUT2D eigenvalue weighted by molar-refractivity contribution is -0.0835. The molecule has 0 amide bonds. The second kappa shape index (κ2) is 9.55. The molecule has 0 aliphatic carbocycles. The van der Waals surface area contributed by atoms with Crippen LogP contribution in [-0.2, 0) is 4.74 Å². The lowest BCUT2D eigenvalue weighted by Crippen LogP contribution is -2.25. The molecule has 0 saturated carbocycles. The highest BCUT2D eigenvalue weighted by molar-refractivity contribution is 5.27. The zero-order valence-electron chi connectivity index (χ0n) is 18.5. The summed E-state index contributed by atoms with van der Waals surface area (Å²) in [5, 5.41) is 0. The van der Waals surface area contributed by atoms with Gasteiger partial charge in [-0.05, 0) is 48.6 Å². The van der Waals surface area contributed by atoms with Crippen LogP contribution in [0, 0.1) is 37.5 Å². The fourth-order valence-corrected chi connectivity index (χ4v) is 3.56. The molecule has 27 heavy (non-hydrogen) atoms. The first-order valence-electron chi connectivity index (χ1n) is 10.5. The van der Waals surface area contributed by atoms with Crippen LogP contribution >= 0.6 is 0 Å². The van der Waals surface area contributed by atoms with Crippen LogP contribution in [-0.4, -0.2) is 0 Å². The largest absolute Gasteiger partial charge is 0.365 e. The smallest absolute Gasteiger partial charge is 0.0861 e. The van der Waals surface area contributed by atoms with Gasteiger partial charge in [0.05, 0.1) is 12.2 Å². The third-order valence-electron chi connectivity index (χ3n) is 6.09. The van der Waals surface area contributed by atoms with Gasteiger partial charge >= 0.3 is 0 Å². The van der Waals surface area contributed by atoms with Crippen molar-refractivity contribution >= 4 is 0 Å². The van der Waals surface area contributed by atoms with Crippen molar-refractivity contribution in [3.63, 3.8) is 0 Å². The summed E-state index contributed by atoms with van der Waals surface area (Å²) in [6.45, 7) is 18.2. The maximum Gasteiger partial charge on any atom is 0.0861 e. The van der Waals surface area contributed by atoms with Gasteiger partial charge in [0, 0.05) is 0 Å². The minimum Gasteiger partial charge on any atom is -0.365 e. The molecule has 0 saturated heterocycles. The fraction of sp³-hybridized carbons (Fsp3) is 0.538. The van der Waals surface area contributed by atoms with Crippen molar-refractivity contribution in [2.45, 2.75) is 67.6 Å². The SMILES string of the molecule is Cc1cccc(C(OC(c2cccc(C)c2)C(C)C(C)C)C(C)C(C)C)c1. The van der Waals surface area contributed by atoms with E-state index in [1.807, 2.05) is 0 Å². The molecule has 0 N–H and O–H groups in total. The molecule has 4 unspecified atom stereocenters. The van der Waals surface area contributed by atoms with Crippen molar-refractivity contribution in [2.24, 2.45) is 23.7 Å². The number of hydrogen-bond donors (Lipinski definition) is 0. The molecule has 2 aromatic carbocycles. The Morgan fingerprint density at radius 2 is 0.963 bits per heavy atom. The summed E-state index contributed by atoms with van der Waals surface area (Å²) in [4.78, 5) is 0. The molecule has 0 spiro atoms. The summed E-state index contributed by atoms with van der Waals surface area (Å²) >= 11 is 0. The average Bonchev–Trinajstić information content (AvgIpc) is 2.61. The molecule has 1 heteroatoms. The van der Waals surface area contributed by atoms with Gasteiger partial charge in [-0.1, -0.05) is 101 Å². The summed E-state index contributed by atoms with van der Waals surface area (Å²) < 4.78 is 6.98. The number of benzene rings is 2. The first-order valence-corrected chi connectivity index (χ1v) is 10.5. The summed E-state index contributed by atoms with van der Waals surface area (Å²) in [6, 6.07) is 17.7. The maximum atomic E-state index is 6.98. The van der Waals surface area contributed by atoms with Gasteiger partial charge in [0.1, 0.15) is 0 Å². The van der Waals surface area contributed by atoms with Crippen molar-refractivity contribution in [3.8, 4) is 0 Å². The standard InChI is InChI=1S/C26H38O/c1-17(2)21(7)25(23-13-9-11-19(5)15-23)27-26(22(8)18(3)4)24-14-10-12-20(6)16-24/h9-18,21-22,25-26H,1-8H3. The number of ether oxygens (including phenoxy) is 1. The van der Waals surface area contributed by atoms with Crippen molar-refractivity contribution < 1.29 is 4.74 Å². The van der Waals surface area contributed by atoms with E-state index in [4.69, 9.17) is 4.74 Å². The first kappa shape index (κ1) is 21.7. The number of rotatable bonds is 8. The third kappa shape index (κ3) is 5.69. The Morgan fingerprint density at radius 3 is 1.26 bits per heavy atom. The quantitative estimate of drug-likeness (QED) is 0.465. The lowest BCUT2D eigenvalue weighted by Gasteiger charge is -2.36. The van der Waals surface area contributed by atoms with Crippen LogP contribution in [0.5, 0.6) is 0 Å². The van der Waals surface area contributed by atoms with Gasteiger partial charge in [-0.3, -0.25) is 0 Å². The Labute approximate surface area is 167 Å². The van der Waals surface area contributed by atoms with Gasteiger partial charge in [-0.2, -0.15) is 0 Å². The van der Waals surface area contributed by atoms with E-state index in [0.29, 0.717) is 23.7 Å². The summed E-state index contributed by atoms with van der Waals surface area (Å²) in [7, 11) is 0. The molecule has 0 aliphatic rings. The Morgan fingerprint density at radius 1 is 0.593 bits per heavy atom. The number of aryl methyl sites for hydroxylation is 2. The predicted molar refractivity (Wildman–Crippen MR) is 117 cm³/mol. The Kier molecular flexibility index (Phi) is 7.68. The van der Waals surface area contributed by atoms with E-state index in [9.17, 15) is 0 Å². The topological polar surface area (TPSA) is 9.23 Å². The van der Waals surface area contributed by atoms with Crippen LogP contribution in [0.4, 0.5) is 0 Å². The lowest BCUT2D eigenvalue weighted by atomic mass is 9.84. The summed E-state index contributed by atoms with van der Waals surface area (Å²) in [5.41, 5.74) is 5.18. The van der Waals surface area contributed by atoms with Crippen molar-refractivity contribution in [3.05, 3.63) is 70.8 Å². The molecule has 1 nitrogen and oxygen atoms in total. The zero-order valence-corrected chi connectivity index (χ0v) is 18.5. The van der Waals surface area contributed by atoms with Crippen LogP contribution in [0.3, 0.4) is 0 Å². The summed E-state index contributed by atoms with van der Waals surface area (Å²) in [6.07, 6.45) is 0.188. The van der Waals surface area contributed by atoms with Crippen LogP contribution in [0.2, 0.25) is 0 Å². The Balaban J connectivity index is 2.45. The highest BCUT2D eigenvalue weighted by Crippen LogP contribution is 2.40. The van der Waals surface area contributed by atoms with Gasteiger partial charge in [-0.15, -0.1) is 0 Å². The minimum atomic E-state index is 0.0941. The van der Waals surface area contributed by atoms with Crippen molar-refractivity contribution in [1.29, 1.82) is 0 Å². The normalized spacial score (nSPS) is 16.4. The van der Waals surface area contributed by atoms with Crippen molar-refractivity contribution in [2.75, 3.05) is 0 Å². The van der Waals surface area contributed by atoms with Crippen LogP contribution in [0.25, 0.3) is 0 Å². The molecular weight excluding hydrogens is 328 g/mol. The van der Waals surface area contributed by atoms with Gasteiger partial charge in [0.25, 0.3) is 0 Å². The van der Waals surface area contributed by atoms with E-state index in [1.54, 1.807) is 0 Å². The van der Waals surface area contributed by atoms with Crippen LogP contribution in [0.15, 0.2) is 48.5 Å². The van der Waals surface area contributed by atoms with E-state index in [2.05, 4.69) is 104 Å². The Hall–Kier alpha value is -1.60. The molecule has 148 valence electrons. The minimum absolute atomic E-state index is 0.0941. The van der Waals surface area contributed by atoms with E-state index >= 15 is 0 Å². The molecular formula is C26H38O. The van der Waals surface area contributed by atoms with Crippen molar-refractivity contribution in [1.82, 2.24) is 0 Å². The molecule has 2 rings (SSSR count). The molecule has 4 atom stereocenters. The van der Waals surface area contributed by atoms with Crippen LogP contribution in [0.1, 0.15) is 76.0 Å². The third-order valence-corrected chi connectivity index (χ3v) is 6.09. The van der Waals surface area contributed by atoms with Gasteiger partial charge in [-0.25, -0.2) is 0 Å². The summed E-state index contributed by atoms with van der Waals surface area (Å²) in [5.74, 6) is 2.00. The number of hydrogen-bond acceptors (Lipinski definition) is 1. The zero-order chi connectivity index (χ0) is 20.1. The predicted octanol–water partition coefficient (Wildman–Crippen LogP) is 7.69. The molecule has 0 fully saturated rings. The van der Waals surface area contributed by atoms with E-state index in [0.717, 1.165) is 0 Å². The molecule has 0 aromatic heterocycles. The maximum absolute atomic E-state index is 6.98. The molecule has 0 radical (unpaired) electrons. The highest BCUT2D eigenvalue weighted by atomic mass is 16.5.